The second kappa shape index (κ2) is 5.27. The molecule has 112 valence electrons. The molecule has 0 amide bonds. The second-order valence-corrected chi connectivity index (χ2v) is 7.24. The van der Waals surface area contributed by atoms with Gasteiger partial charge in [-0.3, -0.25) is 5.10 Å². The Balaban J connectivity index is 1.82. The Labute approximate surface area is 124 Å². The first kappa shape index (κ1) is 14.3. The van der Waals surface area contributed by atoms with Crippen molar-refractivity contribution in [2.75, 3.05) is 0 Å². The third kappa shape index (κ3) is 2.73. The number of hydrogen-bond acceptors (Lipinski definition) is 3. The first-order chi connectivity index (χ1) is 9.97. The van der Waals surface area contributed by atoms with E-state index < -0.39 is 10.0 Å². The minimum Gasteiger partial charge on any atom is -0.281 e. The van der Waals surface area contributed by atoms with Gasteiger partial charge < -0.3 is 0 Å². The number of sulfonamides is 1. The molecule has 2 aromatic rings. The van der Waals surface area contributed by atoms with E-state index in [2.05, 4.69) is 27.1 Å². The number of fused-ring (bicyclic) bond motifs is 1. The zero-order valence-corrected chi connectivity index (χ0v) is 13.0. The van der Waals surface area contributed by atoms with Crippen LogP contribution >= 0.6 is 0 Å². The number of hydrogen-bond donors (Lipinski definition) is 2. The molecule has 1 heterocycles. The van der Waals surface area contributed by atoms with E-state index in [-0.39, 0.29) is 10.9 Å². The van der Waals surface area contributed by atoms with Crippen LogP contribution in [0.15, 0.2) is 29.2 Å². The minimum absolute atomic E-state index is 0.0569. The number of benzene rings is 1. The lowest BCUT2D eigenvalue weighted by Gasteiger charge is -2.25. The van der Waals surface area contributed by atoms with Crippen molar-refractivity contribution in [1.82, 2.24) is 14.9 Å². The molecule has 0 saturated carbocycles. The summed E-state index contributed by atoms with van der Waals surface area (Å²) in [6.07, 6.45) is 2.48. The van der Waals surface area contributed by atoms with E-state index in [1.807, 2.05) is 12.1 Å². The van der Waals surface area contributed by atoms with E-state index in [1.54, 1.807) is 13.8 Å². The summed E-state index contributed by atoms with van der Waals surface area (Å²) in [5, 5.41) is 6.69. The van der Waals surface area contributed by atoms with Gasteiger partial charge in [-0.1, -0.05) is 24.3 Å². The summed E-state index contributed by atoms with van der Waals surface area (Å²) in [6.45, 7) is 3.43. The van der Waals surface area contributed by atoms with Gasteiger partial charge in [0.1, 0.15) is 4.90 Å². The van der Waals surface area contributed by atoms with Gasteiger partial charge in [-0.2, -0.15) is 5.10 Å². The molecule has 1 aromatic carbocycles. The highest BCUT2D eigenvalue weighted by Gasteiger charge is 2.27. The summed E-state index contributed by atoms with van der Waals surface area (Å²) in [6, 6.07) is 8.16. The summed E-state index contributed by atoms with van der Waals surface area (Å²) in [7, 11) is -3.52. The molecule has 0 bridgehead atoms. The smallest absolute Gasteiger partial charge is 0.244 e. The number of nitrogens with zero attached hydrogens (tertiary/aromatic N) is 1. The number of aryl methyl sites for hydroxylation is 3. The number of H-pyrrole nitrogens is 1. The normalized spacial score (nSPS) is 18.5. The van der Waals surface area contributed by atoms with Gasteiger partial charge in [0, 0.05) is 6.04 Å². The molecule has 0 fully saturated rings. The van der Waals surface area contributed by atoms with Crippen LogP contribution in [0.5, 0.6) is 0 Å². The van der Waals surface area contributed by atoms with E-state index in [0.29, 0.717) is 11.4 Å². The van der Waals surface area contributed by atoms with Crippen molar-refractivity contribution < 1.29 is 8.42 Å². The van der Waals surface area contributed by atoms with Crippen LogP contribution in [0, 0.1) is 13.8 Å². The molecule has 0 radical (unpaired) electrons. The molecule has 3 rings (SSSR count). The van der Waals surface area contributed by atoms with Gasteiger partial charge >= 0.3 is 0 Å². The predicted octanol–water partition coefficient (Wildman–Crippen LogP) is 1.86. The highest BCUT2D eigenvalue weighted by molar-refractivity contribution is 7.89. The Morgan fingerprint density at radius 2 is 1.95 bits per heavy atom. The zero-order chi connectivity index (χ0) is 15.0. The fourth-order valence-corrected chi connectivity index (χ4v) is 4.65. The van der Waals surface area contributed by atoms with Gasteiger partial charge in [-0.05, 0) is 44.2 Å². The average Bonchev–Trinajstić information content (AvgIpc) is 2.78. The molecule has 1 aromatic heterocycles. The second-order valence-electron chi connectivity index (χ2n) is 5.59. The first-order valence-electron chi connectivity index (χ1n) is 7.08. The lowest BCUT2D eigenvalue weighted by atomic mass is 9.89. The van der Waals surface area contributed by atoms with E-state index in [9.17, 15) is 8.42 Å². The zero-order valence-electron chi connectivity index (χ0n) is 12.2. The number of nitrogens with one attached hydrogen (secondary N) is 2. The van der Waals surface area contributed by atoms with Crippen LogP contribution in [0.3, 0.4) is 0 Å². The van der Waals surface area contributed by atoms with E-state index in [1.165, 1.54) is 11.1 Å². The van der Waals surface area contributed by atoms with Crippen molar-refractivity contribution >= 4 is 10.0 Å². The molecule has 1 atom stereocenters. The molecule has 0 spiro atoms. The van der Waals surface area contributed by atoms with Crippen LogP contribution in [-0.4, -0.2) is 24.7 Å². The maximum absolute atomic E-state index is 12.5. The Bertz CT molecular complexity index is 745. The highest BCUT2D eigenvalue weighted by atomic mass is 32.2. The van der Waals surface area contributed by atoms with Crippen LogP contribution in [0.1, 0.15) is 28.9 Å². The maximum atomic E-state index is 12.5. The molecule has 2 N–H and O–H groups in total. The van der Waals surface area contributed by atoms with Crippen LogP contribution in [-0.2, 0) is 22.9 Å². The Morgan fingerprint density at radius 1 is 1.24 bits per heavy atom. The number of rotatable bonds is 3. The standard InChI is InChI=1S/C15H19N3O2S/c1-10-15(11(2)17-16-10)21(19,20)18-14-8-7-12-5-3-4-6-13(12)9-14/h3-6,14,18H,7-9H2,1-2H3,(H,16,17). The summed E-state index contributed by atoms with van der Waals surface area (Å²) in [5.74, 6) is 0. The van der Waals surface area contributed by atoms with Crippen LogP contribution < -0.4 is 4.72 Å². The monoisotopic (exact) mass is 305 g/mol. The quantitative estimate of drug-likeness (QED) is 0.909. The van der Waals surface area contributed by atoms with Crippen molar-refractivity contribution in [3.63, 3.8) is 0 Å². The third-order valence-electron chi connectivity index (χ3n) is 4.00. The van der Waals surface area contributed by atoms with Gasteiger partial charge in [0.05, 0.1) is 11.4 Å². The molecule has 1 aliphatic carbocycles. The SMILES string of the molecule is Cc1n[nH]c(C)c1S(=O)(=O)NC1CCc2ccccc2C1. The van der Waals surface area contributed by atoms with Gasteiger partial charge in [0.2, 0.25) is 10.0 Å². The van der Waals surface area contributed by atoms with Crippen molar-refractivity contribution in [2.45, 2.75) is 44.0 Å². The molecule has 21 heavy (non-hydrogen) atoms. The Hall–Kier alpha value is -1.66. The molecule has 0 saturated heterocycles. The minimum atomic E-state index is -3.52. The molecule has 1 unspecified atom stereocenters. The third-order valence-corrected chi connectivity index (χ3v) is 5.78. The number of aromatic nitrogens is 2. The predicted molar refractivity (Wildman–Crippen MR) is 80.6 cm³/mol. The van der Waals surface area contributed by atoms with Crippen molar-refractivity contribution in [2.24, 2.45) is 0 Å². The highest BCUT2D eigenvalue weighted by Crippen LogP contribution is 2.23. The molecular weight excluding hydrogens is 286 g/mol. The topological polar surface area (TPSA) is 74.8 Å². The van der Waals surface area contributed by atoms with Crippen LogP contribution in [0.2, 0.25) is 0 Å². The molecule has 6 heteroatoms. The van der Waals surface area contributed by atoms with Crippen molar-refractivity contribution in [3.8, 4) is 0 Å². The summed E-state index contributed by atoms with van der Waals surface area (Å²) < 4.78 is 27.9. The lowest BCUT2D eigenvalue weighted by Crippen LogP contribution is -2.39. The fraction of sp³-hybridized carbons (Fsp3) is 0.400. The Morgan fingerprint density at radius 3 is 2.62 bits per heavy atom. The first-order valence-corrected chi connectivity index (χ1v) is 8.56. The van der Waals surface area contributed by atoms with Crippen LogP contribution in [0.25, 0.3) is 0 Å². The van der Waals surface area contributed by atoms with Gasteiger partial charge in [0.15, 0.2) is 0 Å². The van der Waals surface area contributed by atoms with Gasteiger partial charge in [0.25, 0.3) is 0 Å². The van der Waals surface area contributed by atoms with Crippen molar-refractivity contribution in [3.05, 3.63) is 46.8 Å². The summed E-state index contributed by atoms with van der Waals surface area (Å²) in [4.78, 5) is 0.279. The average molecular weight is 305 g/mol. The van der Waals surface area contributed by atoms with E-state index in [0.717, 1.165) is 19.3 Å². The van der Waals surface area contributed by atoms with Crippen LogP contribution in [0.4, 0.5) is 0 Å². The van der Waals surface area contributed by atoms with Crippen molar-refractivity contribution in [1.29, 1.82) is 0 Å². The van der Waals surface area contributed by atoms with E-state index in [4.69, 9.17) is 0 Å². The largest absolute Gasteiger partial charge is 0.281 e. The lowest BCUT2D eigenvalue weighted by molar-refractivity contribution is 0.507. The fourth-order valence-electron chi connectivity index (χ4n) is 3.01. The maximum Gasteiger partial charge on any atom is 0.244 e. The van der Waals surface area contributed by atoms with Gasteiger partial charge in [-0.25, -0.2) is 13.1 Å². The number of aromatic amines is 1. The van der Waals surface area contributed by atoms with E-state index >= 15 is 0 Å². The summed E-state index contributed by atoms with van der Waals surface area (Å²) >= 11 is 0. The molecule has 0 aliphatic heterocycles. The Kier molecular flexibility index (Phi) is 3.59. The molecule has 1 aliphatic rings. The van der Waals surface area contributed by atoms with Gasteiger partial charge in [-0.15, -0.1) is 0 Å². The summed E-state index contributed by atoms with van der Waals surface area (Å²) in [5.41, 5.74) is 3.65. The molecule has 5 nitrogen and oxygen atoms in total. The molecular formula is C15H19N3O2S.